The van der Waals surface area contributed by atoms with Crippen molar-refractivity contribution in [3.63, 3.8) is 0 Å². The fraction of sp³-hybridized carbons (Fsp3) is 0.667. The summed E-state index contributed by atoms with van der Waals surface area (Å²) in [6.07, 6.45) is 1.57. The van der Waals surface area contributed by atoms with E-state index in [0.717, 1.165) is 6.42 Å². The number of carbonyl (C=O) groups is 1. The number of carbonyl (C=O) groups excluding carboxylic acids is 1. The van der Waals surface area contributed by atoms with Gasteiger partial charge in [0.15, 0.2) is 8.32 Å². The van der Waals surface area contributed by atoms with Crippen LogP contribution in [0.4, 0.5) is 0 Å². The zero-order valence-corrected chi connectivity index (χ0v) is 17.8. The number of benzene rings is 1. The molecule has 0 radical (unpaired) electrons. The molecule has 140 valence electrons. The lowest BCUT2D eigenvalue weighted by molar-refractivity contribution is -0.130. The lowest BCUT2D eigenvalue weighted by Crippen LogP contribution is -2.50. The van der Waals surface area contributed by atoms with Gasteiger partial charge in [0.2, 0.25) is 5.91 Å². The van der Waals surface area contributed by atoms with Gasteiger partial charge in [-0.25, -0.2) is 0 Å². The summed E-state index contributed by atoms with van der Waals surface area (Å²) >= 11 is 0. The summed E-state index contributed by atoms with van der Waals surface area (Å²) in [5.41, 5.74) is 2.93. The van der Waals surface area contributed by atoms with Crippen LogP contribution in [0.3, 0.4) is 0 Å². The Balaban J connectivity index is 2.10. The highest BCUT2D eigenvalue weighted by molar-refractivity contribution is 6.77. The quantitative estimate of drug-likeness (QED) is 0.583. The first kappa shape index (κ1) is 20.2. The number of rotatable bonds is 8. The number of hydrogen-bond donors (Lipinski definition) is 0. The van der Waals surface area contributed by atoms with Gasteiger partial charge in [0.1, 0.15) is 0 Å². The summed E-state index contributed by atoms with van der Waals surface area (Å²) in [6.45, 7) is 15.3. The number of nitrogens with zero attached hydrogens (tertiary/aromatic N) is 1. The Morgan fingerprint density at radius 1 is 1.04 bits per heavy atom. The molecule has 1 aliphatic heterocycles. The van der Waals surface area contributed by atoms with E-state index in [1.165, 1.54) is 5.56 Å². The first-order valence-corrected chi connectivity index (χ1v) is 11.9. The van der Waals surface area contributed by atoms with Gasteiger partial charge in [-0.1, -0.05) is 71.9 Å². The third kappa shape index (κ3) is 4.35. The monoisotopic (exact) mass is 361 g/mol. The second kappa shape index (κ2) is 8.50. The fourth-order valence-electron chi connectivity index (χ4n) is 4.70. The topological polar surface area (TPSA) is 29.5 Å². The maximum Gasteiger partial charge on any atom is 0.223 e. The molecule has 1 saturated heterocycles. The van der Waals surface area contributed by atoms with Crippen molar-refractivity contribution in [3.05, 3.63) is 35.9 Å². The summed E-state index contributed by atoms with van der Waals surface area (Å²) in [6, 6.07) is 10.5. The Hall–Kier alpha value is -1.13. The average molecular weight is 362 g/mol. The molecule has 1 aromatic carbocycles. The number of amides is 1. The summed E-state index contributed by atoms with van der Waals surface area (Å²) < 4.78 is 6.76. The van der Waals surface area contributed by atoms with Gasteiger partial charge in [-0.3, -0.25) is 4.79 Å². The molecule has 0 spiro atoms. The molecule has 2 rings (SSSR count). The predicted molar refractivity (Wildman–Crippen MR) is 107 cm³/mol. The van der Waals surface area contributed by atoms with Crippen LogP contribution in [0.15, 0.2) is 30.3 Å². The van der Waals surface area contributed by atoms with E-state index in [1.54, 1.807) is 0 Å². The zero-order valence-electron chi connectivity index (χ0n) is 16.8. The van der Waals surface area contributed by atoms with Gasteiger partial charge < -0.3 is 9.33 Å². The van der Waals surface area contributed by atoms with Crippen LogP contribution in [0.2, 0.25) is 16.6 Å². The molecule has 1 heterocycles. The Bertz CT molecular complexity index is 534. The predicted octanol–water partition coefficient (Wildman–Crippen LogP) is 5.37. The molecule has 0 N–H and O–H groups in total. The van der Waals surface area contributed by atoms with Crippen molar-refractivity contribution in [3.8, 4) is 0 Å². The van der Waals surface area contributed by atoms with Crippen LogP contribution in [0.1, 0.15) is 59.9 Å². The first-order chi connectivity index (χ1) is 11.8. The summed E-state index contributed by atoms with van der Waals surface area (Å²) in [7, 11) is -1.88. The van der Waals surface area contributed by atoms with Gasteiger partial charge in [-0.05, 0) is 28.6 Å². The summed E-state index contributed by atoms with van der Waals surface area (Å²) in [5.74, 6) is 0.267. The largest absolute Gasteiger partial charge is 0.414 e. The van der Waals surface area contributed by atoms with Crippen LogP contribution >= 0.6 is 0 Å². The van der Waals surface area contributed by atoms with Crippen LogP contribution in [-0.4, -0.2) is 31.8 Å². The lowest BCUT2D eigenvalue weighted by Gasteiger charge is -2.43. The maximum absolute atomic E-state index is 12.4. The van der Waals surface area contributed by atoms with E-state index in [1.807, 2.05) is 23.1 Å². The third-order valence-corrected chi connectivity index (χ3v) is 12.0. The van der Waals surface area contributed by atoms with E-state index >= 15 is 0 Å². The normalized spacial score (nSPS) is 18.8. The van der Waals surface area contributed by atoms with Crippen LogP contribution in [0.25, 0.3) is 0 Å². The minimum Gasteiger partial charge on any atom is -0.414 e. The smallest absolute Gasteiger partial charge is 0.223 e. The van der Waals surface area contributed by atoms with Crippen molar-refractivity contribution >= 4 is 14.2 Å². The summed E-state index contributed by atoms with van der Waals surface area (Å²) in [5, 5.41) is 0. The SMILES string of the molecule is CC(C)[Si](OC[C@@H]1CCC(=O)N1Cc1ccccc1)(C(C)C)C(C)C. The highest BCUT2D eigenvalue weighted by atomic mass is 28.4. The van der Waals surface area contributed by atoms with Crippen molar-refractivity contribution < 1.29 is 9.22 Å². The van der Waals surface area contributed by atoms with Crippen molar-refractivity contribution in [2.75, 3.05) is 6.61 Å². The molecule has 1 aliphatic rings. The molecule has 0 saturated carbocycles. The lowest BCUT2D eigenvalue weighted by atomic mass is 10.2. The minimum absolute atomic E-state index is 0.218. The van der Waals surface area contributed by atoms with Gasteiger partial charge in [0.05, 0.1) is 12.6 Å². The van der Waals surface area contributed by atoms with Crippen molar-refractivity contribution in [2.24, 2.45) is 0 Å². The molecule has 0 aliphatic carbocycles. The average Bonchev–Trinajstić information content (AvgIpc) is 2.88. The Morgan fingerprint density at radius 2 is 1.60 bits per heavy atom. The molecule has 3 nitrogen and oxygen atoms in total. The molecule has 25 heavy (non-hydrogen) atoms. The van der Waals surface area contributed by atoms with Gasteiger partial charge in [-0.15, -0.1) is 0 Å². The van der Waals surface area contributed by atoms with Crippen LogP contribution < -0.4 is 0 Å². The van der Waals surface area contributed by atoms with Gasteiger partial charge >= 0.3 is 0 Å². The molecule has 0 aromatic heterocycles. The molecular weight excluding hydrogens is 326 g/mol. The van der Waals surface area contributed by atoms with E-state index in [-0.39, 0.29) is 11.9 Å². The minimum atomic E-state index is -1.88. The van der Waals surface area contributed by atoms with Gasteiger partial charge in [-0.2, -0.15) is 0 Å². The van der Waals surface area contributed by atoms with Crippen LogP contribution in [0, 0.1) is 0 Å². The molecule has 1 aromatic rings. The number of hydrogen-bond acceptors (Lipinski definition) is 2. The van der Waals surface area contributed by atoms with E-state index in [0.29, 0.717) is 36.2 Å². The molecular formula is C21H35NO2Si. The van der Waals surface area contributed by atoms with Gasteiger partial charge in [0, 0.05) is 13.0 Å². The third-order valence-electron chi connectivity index (χ3n) is 5.88. The van der Waals surface area contributed by atoms with E-state index in [9.17, 15) is 4.79 Å². The molecule has 1 atom stereocenters. The second-order valence-electron chi connectivity index (χ2n) is 8.33. The highest BCUT2D eigenvalue weighted by Gasteiger charge is 2.46. The van der Waals surface area contributed by atoms with E-state index in [4.69, 9.17) is 4.43 Å². The molecule has 1 fully saturated rings. The Kier molecular flexibility index (Phi) is 6.86. The highest BCUT2D eigenvalue weighted by Crippen LogP contribution is 2.42. The molecule has 0 unspecified atom stereocenters. The first-order valence-electron chi connectivity index (χ1n) is 9.76. The molecule has 0 bridgehead atoms. The van der Waals surface area contributed by atoms with Crippen molar-refractivity contribution in [1.29, 1.82) is 0 Å². The fourth-order valence-corrected chi connectivity index (χ4v) is 10.2. The zero-order chi connectivity index (χ0) is 18.6. The van der Waals surface area contributed by atoms with Gasteiger partial charge in [0.25, 0.3) is 0 Å². The number of likely N-dealkylation sites (tertiary alicyclic amines) is 1. The van der Waals surface area contributed by atoms with E-state index < -0.39 is 8.32 Å². The molecule has 4 heteroatoms. The Morgan fingerprint density at radius 3 is 2.12 bits per heavy atom. The van der Waals surface area contributed by atoms with Crippen molar-refractivity contribution in [1.82, 2.24) is 4.90 Å². The van der Waals surface area contributed by atoms with Crippen LogP contribution in [-0.2, 0) is 15.8 Å². The summed E-state index contributed by atoms with van der Waals surface area (Å²) in [4.78, 5) is 14.4. The van der Waals surface area contributed by atoms with Crippen LogP contribution in [0.5, 0.6) is 0 Å². The maximum atomic E-state index is 12.4. The second-order valence-corrected chi connectivity index (χ2v) is 13.8. The molecule has 1 amide bonds. The standard InChI is InChI=1S/C21H35NO2Si/c1-16(2)25(17(3)4,18(5)6)24-15-20-12-13-21(23)22(20)14-19-10-8-7-9-11-19/h7-11,16-18,20H,12-15H2,1-6H3/t20-/m0/s1. The Labute approximate surface area is 154 Å². The van der Waals surface area contributed by atoms with E-state index in [2.05, 4.69) is 53.7 Å². The van der Waals surface area contributed by atoms with Crippen molar-refractivity contribution in [2.45, 2.75) is 83.6 Å².